The van der Waals surface area contributed by atoms with Gasteiger partial charge in [0, 0.05) is 18.8 Å². The fraction of sp³-hybridized carbons (Fsp3) is 0.154. The van der Waals surface area contributed by atoms with E-state index in [0.29, 0.717) is 21.5 Å². The minimum Gasteiger partial charge on any atom is -0.451 e. The molecule has 0 bridgehead atoms. The molecule has 0 fully saturated rings. The predicted molar refractivity (Wildman–Crippen MR) is 73.6 cm³/mol. The third-order valence-electron chi connectivity index (χ3n) is 2.88. The van der Waals surface area contributed by atoms with Crippen LogP contribution >= 0.6 is 23.2 Å². The topological polar surface area (TPSA) is 25.4 Å². The van der Waals surface area contributed by atoms with Gasteiger partial charge in [0.2, 0.25) is 0 Å². The van der Waals surface area contributed by atoms with E-state index in [4.69, 9.17) is 27.9 Å². The molecule has 92 valence electrons. The average Bonchev–Trinajstić information content (AvgIpc) is 2.33. The van der Waals surface area contributed by atoms with Gasteiger partial charge in [-0.15, -0.1) is 0 Å². The molecule has 0 atom stereocenters. The van der Waals surface area contributed by atoms with Gasteiger partial charge in [0.05, 0.1) is 15.7 Å². The standard InChI is InChI=1S/C13H10Cl2N2O/c1-7-3-4-11-13(16-7)17(2)10-5-8(14)9(15)6-12(10)18-11/h3-6H,1-2H3. The van der Waals surface area contributed by atoms with Crippen LogP contribution in [-0.4, -0.2) is 12.0 Å². The van der Waals surface area contributed by atoms with Gasteiger partial charge in [-0.05, 0) is 25.1 Å². The molecule has 3 nitrogen and oxygen atoms in total. The highest BCUT2D eigenvalue weighted by Crippen LogP contribution is 2.47. The Kier molecular flexibility index (Phi) is 2.61. The molecular formula is C13H10Cl2N2O. The molecule has 0 saturated carbocycles. The molecule has 1 aliphatic heterocycles. The first-order valence-electron chi connectivity index (χ1n) is 5.44. The van der Waals surface area contributed by atoms with Crippen LogP contribution in [0.5, 0.6) is 11.5 Å². The van der Waals surface area contributed by atoms with Crippen molar-refractivity contribution in [3.8, 4) is 11.5 Å². The van der Waals surface area contributed by atoms with E-state index in [1.165, 1.54) is 0 Å². The fourth-order valence-corrected chi connectivity index (χ4v) is 2.26. The van der Waals surface area contributed by atoms with Gasteiger partial charge >= 0.3 is 0 Å². The number of anilines is 2. The number of nitrogens with zero attached hydrogens (tertiary/aromatic N) is 2. The SMILES string of the molecule is Cc1ccc2c(n1)N(C)c1cc(Cl)c(Cl)cc1O2. The predicted octanol–water partition coefficient (Wildman–Crippen LogP) is 4.57. The van der Waals surface area contributed by atoms with Crippen LogP contribution in [0.4, 0.5) is 11.5 Å². The first kappa shape index (κ1) is 11.6. The fourth-order valence-electron chi connectivity index (χ4n) is 1.94. The average molecular weight is 281 g/mol. The summed E-state index contributed by atoms with van der Waals surface area (Å²) in [5.74, 6) is 2.18. The van der Waals surface area contributed by atoms with Crippen molar-refractivity contribution in [1.82, 2.24) is 4.98 Å². The Bertz CT molecular complexity index is 643. The van der Waals surface area contributed by atoms with Crippen molar-refractivity contribution in [2.75, 3.05) is 11.9 Å². The van der Waals surface area contributed by atoms with Crippen LogP contribution in [0.2, 0.25) is 10.0 Å². The monoisotopic (exact) mass is 280 g/mol. The van der Waals surface area contributed by atoms with E-state index in [2.05, 4.69) is 4.98 Å². The van der Waals surface area contributed by atoms with Crippen LogP contribution in [0.1, 0.15) is 5.69 Å². The molecule has 2 heterocycles. The third kappa shape index (κ3) is 1.71. The van der Waals surface area contributed by atoms with Crippen LogP contribution < -0.4 is 9.64 Å². The van der Waals surface area contributed by atoms with Crippen LogP contribution in [0.3, 0.4) is 0 Å². The number of hydrogen-bond acceptors (Lipinski definition) is 3. The molecule has 3 rings (SSSR count). The normalized spacial score (nSPS) is 12.8. The molecule has 0 amide bonds. The number of aryl methyl sites for hydroxylation is 1. The van der Waals surface area contributed by atoms with Gasteiger partial charge < -0.3 is 9.64 Å². The van der Waals surface area contributed by atoms with E-state index in [0.717, 1.165) is 17.2 Å². The maximum Gasteiger partial charge on any atom is 0.176 e. The Morgan fingerprint density at radius 1 is 1.11 bits per heavy atom. The zero-order chi connectivity index (χ0) is 12.9. The highest BCUT2D eigenvalue weighted by atomic mass is 35.5. The summed E-state index contributed by atoms with van der Waals surface area (Å²) in [7, 11) is 1.93. The summed E-state index contributed by atoms with van der Waals surface area (Å²) in [6, 6.07) is 7.32. The van der Waals surface area contributed by atoms with Gasteiger partial charge in [0.25, 0.3) is 0 Å². The van der Waals surface area contributed by atoms with E-state index < -0.39 is 0 Å². The van der Waals surface area contributed by atoms with Gasteiger partial charge in [-0.2, -0.15) is 0 Å². The van der Waals surface area contributed by atoms with Crippen molar-refractivity contribution >= 4 is 34.7 Å². The highest BCUT2D eigenvalue weighted by Gasteiger charge is 2.24. The Balaban J connectivity index is 2.19. The van der Waals surface area contributed by atoms with Crippen LogP contribution in [0, 0.1) is 6.92 Å². The maximum absolute atomic E-state index is 6.03. The number of halogens is 2. The van der Waals surface area contributed by atoms with Crippen molar-refractivity contribution in [3.63, 3.8) is 0 Å². The molecule has 1 aliphatic rings. The maximum atomic E-state index is 6.03. The number of fused-ring (bicyclic) bond motifs is 2. The quantitative estimate of drug-likeness (QED) is 0.707. The molecule has 0 aliphatic carbocycles. The molecular weight excluding hydrogens is 271 g/mol. The molecule has 0 unspecified atom stereocenters. The third-order valence-corrected chi connectivity index (χ3v) is 3.60. The van der Waals surface area contributed by atoms with Crippen molar-refractivity contribution < 1.29 is 4.74 Å². The van der Waals surface area contributed by atoms with Crippen LogP contribution in [0.25, 0.3) is 0 Å². The number of ether oxygens (including phenoxy) is 1. The van der Waals surface area contributed by atoms with Crippen LogP contribution in [0.15, 0.2) is 24.3 Å². The van der Waals surface area contributed by atoms with Crippen LogP contribution in [-0.2, 0) is 0 Å². The summed E-state index contributed by atoms with van der Waals surface area (Å²) < 4.78 is 5.79. The van der Waals surface area contributed by atoms with E-state index >= 15 is 0 Å². The number of benzene rings is 1. The first-order chi connectivity index (χ1) is 8.56. The minimum atomic E-state index is 0.479. The van der Waals surface area contributed by atoms with Gasteiger partial charge in [0.15, 0.2) is 17.3 Å². The second-order valence-electron chi connectivity index (χ2n) is 4.17. The summed E-state index contributed by atoms with van der Waals surface area (Å²) in [6.45, 7) is 1.94. The molecule has 1 aromatic heterocycles. The van der Waals surface area contributed by atoms with Crippen molar-refractivity contribution in [2.45, 2.75) is 6.92 Å². The minimum absolute atomic E-state index is 0.479. The summed E-state index contributed by atoms with van der Waals surface area (Å²) in [5, 5.41) is 0.981. The van der Waals surface area contributed by atoms with Crippen molar-refractivity contribution in [1.29, 1.82) is 0 Å². The van der Waals surface area contributed by atoms with Gasteiger partial charge in [-0.25, -0.2) is 4.98 Å². The molecule has 5 heteroatoms. The Morgan fingerprint density at radius 2 is 1.83 bits per heavy atom. The second-order valence-corrected chi connectivity index (χ2v) is 4.98. The summed E-state index contributed by atoms with van der Waals surface area (Å²) in [4.78, 5) is 6.42. The molecule has 0 radical (unpaired) electrons. The van der Waals surface area contributed by atoms with Gasteiger partial charge in [-0.3, -0.25) is 0 Å². The second kappa shape index (κ2) is 4.04. The molecule has 1 aromatic carbocycles. The lowest BCUT2D eigenvalue weighted by Crippen LogP contribution is -2.17. The summed E-state index contributed by atoms with van der Waals surface area (Å²) in [6.07, 6.45) is 0. The molecule has 2 aromatic rings. The molecule has 0 saturated heterocycles. The molecule has 0 N–H and O–H groups in total. The zero-order valence-electron chi connectivity index (χ0n) is 9.87. The van der Waals surface area contributed by atoms with E-state index in [1.54, 1.807) is 12.1 Å². The Labute approximate surface area is 115 Å². The highest BCUT2D eigenvalue weighted by molar-refractivity contribution is 6.42. The summed E-state index contributed by atoms with van der Waals surface area (Å²) in [5.41, 5.74) is 1.79. The lowest BCUT2D eigenvalue weighted by molar-refractivity contribution is 0.472. The number of rotatable bonds is 0. The molecule has 0 spiro atoms. The van der Waals surface area contributed by atoms with Crippen molar-refractivity contribution in [2.24, 2.45) is 0 Å². The van der Waals surface area contributed by atoms with E-state index in [9.17, 15) is 0 Å². The zero-order valence-corrected chi connectivity index (χ0v) is 11.4. The lowest BCUT2D eigenvalue weighted by Gasteiger charge is -2.29. The van der Waals surface area contributed by atoms with E-state index in [-0.39, 0.29) is 0 Å². The van der Waals surface area contributed by atoms with E-state index in [1.807, 2.05) is 31.0 Å². The van der Waals surface area contributed by atoms with Crippen molar-refractivity contribution in [3.05, 3.63) is 40.0 Å². The Hall–Kier alpha value is -1.45. The number of pyridine rings is 1. The first-order valence-corrected chi connectivity index (χ1v) is 6.20. The van der Waals surface area contributed by atoms with Gasteiger partial charge in [-0.1, -0.05) is 23.2 Å². The molecule has 18 heavy (non-hydrogen) atoms. The number of aromatic nitrogens is 1. The Morgan fingerprint density at radius 3 is 2.61 bits per heavy atom. The van der Waals surface area contributed by atoms with Gasteiger partial charge in [0.1, 0.15) is 0 Å². The lowest BCUT2D eigenvalue weighted by atomic mass is 10.2. The smallest absolute Gasteiger partial charge is 0.176 e. The summed E-state index contributed by atoms with van der Waals surface area (Å²) >= 11 is 12.0. The largest absolute Gasteiger partial charge is 0.451 e. The number of hydrogen-bond donors (Lipinski definition) is 0.